The van der Waals surface area contributed by atoms with Crippen molar-refractivity contribution < 1.29 is 0 Å². The molecule has 0 N–H and O–H groups in total. The van der Waals surface area contributed by atoms with Crippen molar-refractivity contribution in [1.29, 1.82) is 0 Å². The third kappa shape index (κ3) is 5.56. The summed E-state index contributed by atoms with van der Waals surface area (Å²) in [6.07, 6.45) is 0. The van der Waals surface area contributed by atoms with Gasteiger partial charge in [-0.1, -0.05) is 169 Å². The van der Waals surface area contributed by atoms with E-state index in [2.05, 4.69) is 123 Å². The van der Waals surface area contributed by atoms with Crippen molar-refractivity contribution in [2.24, 2.45) is 0 Å². The van der Waals surface area contributed by atoms with Gasteiger partial charge in [0, 0.05) is 21.5 Å². The Kier molecular flexibility index (Phi) is 8.33. The lowest BCUT2D eigenvalue weighted by Crippen LogP contribution is -1.87. The second kappa shape index (κ2) is 12.9. The van der Waals surface area contributed by atoms with E-state index >= 15 is 0 Å². The molecule has 9 rings (SSSR count). The minimum Gasteiger partial charge on any atom is -0.0830 e. The first-order valence-corrected chi connectivity index (χ1v) is 16.3. The van der Waals surface area contributed by atoms with E-state index in [1.807, 2.05) is 48.5 Å². The highest BCUT2D eigenvalue weighted by Gasteiger charge is 2.10. The van der Waals surface area contributed by atoms with Crippen LogP contribution in [0.15, 0.2) is 158 Å². The maximum Gasteiger partial charge on any atom is 0.0563 e. The number of aryl methyl sites for hydroxylation is 2. The number of hydrogen-bond acceptors (Lipinski definition) is 0. The highest BCUT2D eigenvalue weighted by Crippen LogP contribution is 2.38. The molecule has 0 aliphatic rings. The largest absolute Gasteiger partial charge is 0.0830 e. The first-order chi connectivity index (χ1) is 22.5. The van der Waals surface area contributed by atoms with Crippen LogP contribution in [0.3, 0.4) is 0 Å². The Bertz CT molecular complexity index is 2060. The summed E-state index contributed by atoms with van der Waals surface area (Å²) in [5.41, 5.74) is 2.77. The van der Waals surface area contributed by atoms with Crippen LogP contribution in [0, 0.1) is 13.8 Å². The van der Waals surface area contributed by atoms with Gasteiger partial charge in [0.2, 0.25) is 0 Å². The van der Waals surface area contributed by atoms with E-state index in [0.717, 1.165) is 31.6 Å². The molecule has 0 bridgehead atoms. The zero-order valence-electron chi connectivity index (χ0n) is 25.8. The Morgan fingerprint density at radius 1 is 0.283 bits per heavy atom. The Morgan fingerprint density at radius 2 is 0.478 bits per heavy atom. The van der Waals surface area contributed by atoms with Crippen molar-refractivity contribution in [2.75, 3.05) is 0 Å². The monoisotopic (exact) mass is 630 g/mol. The van der Waals surface area contributed by atoms with Crippen molar-refractivity contribution in [3.8, 4) is 0 Å². The van der Waals surface area contributed by atoms with Gasteiger partial charge in [-0.25, -0.2) is 0 Å². The second-order valence-electron chi connectivity index (χ2n) is 11.6. The third-order valence-corrected chi connectivity index (χ3v) is 9.70. The highest BCUT2D eigenvalue weighted by atomic mass is 35.5. The summed E-state index contributed by atoms with van der Waals surface area (Å²) in [6, 6.07) is 54.6. The standard InChI is InChI=1S/C16H14.C14H8Cl2.C14H10/c1-11-13-7-3-5-9-15(13)12(2)16-10-6-4-8-14(11)16;15-13-9-5-1-2-6-10(9)14(16)12-8-4-3-7-11(12)13;1-2-6-12-10-14-8-4-3-7-13(14)9-11(12)5-1/h3-10H,1-2H3;1-8H;1-10H. The van der Waals surface area contributed by atoms with Gasteiger partial charge < -0.3 is 0 Å². The molecule has 0 radical (unpaired) electrons. The van der Waals surface area contributed by atoms with Crippen LogP contribution in [-0.2, 0) is 0 Å². The lowest BCUT2D eigenvalue weighted by molar-refractivity contribution is 1.52. The van der Waals surface area contributed by atoms with Gasteiger partial charge >= 0.3 is 0 Å². The Morgan fingerprint density at radius 3 is 0.717 bits per heavy atom. The summed E-state index contributed by atoms with van der Waals surface area (Å²) in [4.78, 5) is 0. The maximum atomic E-state index is 6.39. The minimum absolute atomic E-state index is 0.774. The molecule has 0 aliphatic heterocycles. The summed E-state index contributed by atoms with van der Waals surface area (Å²) in [7, 11) is 0. The number of halogens is 2. The fraction of sp³-hybridized carbons (Fsp3) is 0.0455. The van der Waals surface area contributed by atoms with Gasteiger partial charge in [-0.3, -0.25) is 0 Å². The second-order valence-corrected chi connectivity index (χ2v) is 12.4. The zero-order valence-corrected chi connectivity index (χ0v) is 27.3. The maximum absolute atomic E-state index is 6.39. The molecule has 0 unspecified atom stereocenters. The minimum atomic E-state index is 0.774. The van der Waals surface area contributed by atoms with Crippen molar-refractivity contribution in [3.05, 3.63) is 179 Å². The molecule has 0 heterocycles. The third-order valence-electron chi connectivity index (χ3n) is 8.88. The number of rotatable bonds is 0. The Labute approximate surface area is 279 Å². The lowest BCUT2D eigenvalue weighted by atomic mass is 9.93. The molecular weight excluding hydrogens is 599 g/mol. The molecule has 0 spiro atoms. The highest BCUT2D eigenvalue weighted by molar-refractivity contribution is 6.47. The molecule has 0 saturated carbocycles. The van der Waals surface area contributed by atoms with Crippen LogP contribution in [0.2, 0.25) is 10.0 Å². The Balaban J connectivity index is 0.000000110. The van der Waals surface area contributed by atoms with Crippen LogP contribution in [0.5, 0.6) is 0 Å². The van der Waals surface area contributed by atoms with Crippen LogP contribution in [0.4, 0.5) is 0 Å². The SMILES string of the molecule is Cc1c2ccccc2c(C)c2ccccc12.Clc1c2ccccc2c(Cl)c2ccccc12.c1ccc2cc3ccccc3cc2c1. The van der Waals surface area contributed by atoms with Gasteiger partial charge in [0.25, 0.3) is 0 Å². The van der Waals surface area contributed by atoms with Gasteiger partial charge in [0.05, 0.1) is 10.0 Å². The first kappa shape index (κ1) is 29.8. The average molecular weight is 632 g/mol. The average Bonchev–Trinajstić information content (AvgIpc) is 3.12. The van der Waals surface area contributed by atoms with E-state index in [1.165, 1.54) is 54.2 Å². The quantitative estimate of drug-likeness (QED) is 0.146. The van der Waals surface area contributed by atoms with Crippen LogP contribution in [-0.4, -0.2) is 0 Å². The molecular formula is C44H32Cl2. The normalized spacial score (nSPS) is 11.0. The van der Waals surface area contributed by atoms with Gasteiger partial charge in [-0.2, -0.15) is 0 Å². The summed E-state index contributed by atoms with van der Waals surface area (Å²) in [5.74, 6) is 0. The van der Waals surface area contributed by atoms with Crippen LogP contribution in [0.25, 0.3) is 64.6 Å². The summed E-state index contributed by atoms with van der Waals surface area (Å²) < 4.78 is 0. The first-order valence-electron chi connectivity index (χ1n) is 15.5. The molecule has 0 nitrogen and oxygen atoms in total. The van der Waals surface area contributed by atoms with Crippen molar-refractivity contribution in [3.63, 3.8) is 0 Å². The molecule has 2 heteroatoms. The van der Waals surface area contributed by atoms with Crippen LogP contribution < -0.4 is 0 Å². The van der Waals surface area contributed by atoms with Crippen molar-refractivity contribution in [2.45, 2.75) is 13.8 Å². The molecule has 0 saturated heterocycles. The zero-order chi connectivity index (χ0) is 31.6. The predicted molar refractivity (Wildman–Crippen MR) is 204 cm³/mol. The molecule has 0 aromatic heterocycles. The number of benzene rings is 9. The van der Waals surface area contributed by atoms with Crippen LogP contribution >= 0.6 is 23.2 Å². The lowest BCUT2D eigenvalue weighted by Gasteiger charge is -2.11. The van der Waals surface area contributed by atoms with Crippen molar-refractivity contribution in [1.82, 2.24) is 0 Å². The van der Waals surface area contributed by atoms with Gasteiger partial charge in [-0.15, -0.1) is 0 Å². The van der Waals surface area contributed by atoms with Crippen LogP contribution in [0.1, 0.15) is 11.1 Å². The van der Waals surface area contributed by atoms with E-state index < -0.39 is 0 Å². The molecule has 0 atom stereocenters. The number of fused-ring (bicyclic) bond motifs is 6. The summed E-state index contributed by atoms with van der Waals surface area (Å²) >= 11 is 12.8. The molecule has 222 valence electrons. The molecule has 0 fully saturated rings. The van der Waals surface area contributed by atoms with E-state index in [-0.39, 0.29) is 0 Å². The van der Waals surface area contributed by atoms with Gasteiger partial charge in [0.15, 0.2) is 0 Å². The summed E-state index contributed by atoms with van der Waals surface area (Å²) in [5, 5.41) is 16.3. The van der Waals surface area contributed by atoms with Gasteiger partial charge in [0.1, 0.15) is 0 Å². The molecule has 0 aliphatic carbocycles. The Hall–Kier alpha value is -4.88. The predicted octanol–water partition coefficient (Wildman–Crippen LogP) is 13.9. The van der Waals surface area contributed by atoms with E-state index in [4.69, 9.17) is 23.2 Å². The fourth-order valence-corrected chi connectivity index (χ4v) is 7.13. The van der Waals surface area contributed by atoms with Gasteiger partial charge in [-0.05, 0) is 80.2 Å². The summed E-state index contributed by atoms with van der Waals surface area (Å²) in [6.45, 7) is 4.42. The molecule has 46 heavy (non-hydrogen) atoms. The topological polar surface area (TPSA) is 0 Å². The van der Waals surface area contributed by atoms with E-state index in [1.54, 1.807) is 0 Å². The molecule has 9 aromatic carbocycles. The smallest absolute Gasteiger partial charge is 0.0563 e. The number of hydrogen-bond donors (Lipinski definition) is 0. The molecule has 9 aromatic rings. The van der Waals surface area contributed by atoms with Crippen molar-refractivity contribution >= 4 is 87.8 Å². The molecule has 0 amide bonds. The fourth-order valence-electron chi connectivity index (χ4n) is 6.47. The van der Waals surface area contributed by atoms with E-state index in [0.29, 0.717) is 0 Å². The van der Waals surface area contributed by atoms with E-state index in [9.17, 15) is 0 Å².